The lowest BCUT2D eigenvalue weighted by Crippen LogP contribution is -2.64. The number of aliphatic hydroxyl groups is 5. The number of fused-ring (bicyclic) bond motifs is 16. The first-order chi connectivity index (χ1) is 58.1. The average molecular weight is 1750 g/mol. The Hall–Kier alpha value is -10.9. The highest BCUT2D eigenvalue weighted by Gasteiger charge is 2.52. The summed E-state index contributed by atoms with van der Waals surface area (Å²) < 4.78 is 46.2. The molecular weight excluding hydrogens is 1650 g/mol. The number of ether oxygens (including phenoxy) is 7. The van der Waals surface area contributed by atoms with Crippen LogP contribution in [0.4, 0.5) is 5.69 Å². The van der Waals surface area contributed by atoms with E-state index in [1.807, 2.05) is 26.0 Å². The van der Waals surface area contributed by atoms with Crippen molar-refractivity contribution in [2.45, 2.75) is 176 Å². The van der Waals surface area contributed by atoms with Gasteiger partial charge in [0, 0.05) is 60.5 Å². The van der Waals surface area contributed by atoms with E-state index in [1.54, 1.807) is 50.2 Å². The molecule has 10 unspecified atom stereocenters. The summed E-state index contributed by atoms with van der Waals surface area (Å²) in [6.45, 7) is 6.87. The fourth-order valence-electron chi connectivity index (χ4n) is 14.7. The van der Waals surface area contributed by atoms with E-state index in [2.05, 4.69) is 47.9 Å². The Morgan fingerprint density at radius 2 is 1.38 bits per heavy atom. The predicted molar refractivity (Wildman–Crippen MR) is 443 cm³/mol. The van der Waals surface area contributed by atoms with Crippen molar-refractivity contribution in [2.75, 3.05) is 39.0 Å². The second-order valence-electron chi connectivity index (χ2n) is 30.7. The number of carbonyl (C=O) groups is 8. The van der Waals surface area contributed by atoms with Crippen LogP contribution in [0.25, 0.3) is 11.1 Å². The number of benzene rings is 7. The van der Waals surface area contributed by atoms with Crippen molar-refractivity contribution in [3.63, 3.8) is 0 Å². The summed E-state index contributed by atoms with van der Waals surface area (Å²) in [5.74, 6) is -13.2. The molecule has 2 saturated heterocycles. The van der Waals surface area contributed by atoms with Gasteiger partial charge in [0.15, 0.2) is 23.9 Å². The molecule has 6 heterocycles. The van der Waals surface area contributed by atoms with Crippen molar-refractivity contribution in [2.24, 2.45) is 23.1 Å². The minimum atomic E-state index is -2.29. The molecule has 35 nitrogen and oxygen atoms in total. The molecule has 0 aliphatic carbocycles. The second kappa shape index (κ2) is 40.4. The topological polar surface area (TPSA) is 549 Å². The third-order valence-electron chi connectivity index (χ3n) is 21.1. The number of hydrogen-bond donors (Lipinski definition) is 20. The molecule has 7 aromatic rings. The summed E-state index contributed by atoms with van der Waals surface area (Å²) >= 11 is 20.5. The van der Waals surface area contributed by atoms with Gasteiger partial charge in [0.25, 0.3) is 0 Å². The monoisotopic (exact) mass is 1750 g/mol. The smallest absolute Gasteiger partial charge is 0.248 e. The van der Waals surface area contributed by atoms with Gasteiger partial charge in [0.1, 0.15) is 102 Å². The van der Waals surface area contributed by atoms with Crippen LogP contribution in [0.15, 0.2) is 127 Å². The van der Waals surface area contributed by atoms with E-state index in [-0.39, 0.29) is 87.8 Å². The molecule has 7 aromatic carbocycles. The third-order valence-corrected chi connectivity index (χ3v) is 21.9. The number of phenols is 3. The highest BCUT2D eigenvalue weighted by molar-refractivity contribution is 6.32. The number of anilines is 1. The molecule has 38 heteroatoms. The quantitative estimate of drug-likeness (QED) is 0.0380. The van der Waals surface area contributed by atoms with Crippen molar-refractivity contribution in [1.82, 2.24) is 42.5 Å². The van der Waals surface area contributed by atoms with Gasteiger partial charge < -0.3 is 139 Å². The summed E-state index contributed by atoms with van der Waals surface area (Å²) in [5, 5.41) is 120. The van der Waals surface area contributed by atoms with Crippen LogP contribution in [0.5, 0.6) is 51.7 Å². The number of aliphatic hydroxyl groups excluding tert-OH is 5. The lowest BCUT2D eigenvalue weighted by molar-refractivity contribution is -0.329. The SMILES string of the molecule is CNC(=O)C1NC(=O)[C@@H]2NC(=O)[C@H](CC(N)=O)NC(=O)[C@H](NC(=O)[C@@H](CC(C)C)NC)[C@H](O)c3ccc(c(Cl)c3)Oc3cc2cc(c3OC2OC(CN)C(O)C(O)C2OC2CC(C)(Nc3cccc(OCc4ccc(Cl)cc4)c3)C(O)C(C)O2)Oc2ccc(cc2Cl)[C@@H](O)CC(=O)N[C@H](C(=O)NCCCCN)c2cc(O)cc(O)c2-c2cc1ccc2O. The third kappa shape index (κ3) is 21.9. The van der Waals surface area contributed by atoms with Crippen molar-refractivity contribution in [3.05, 3.63) is 176 Å². The summed E-state index contributed by atoms with van der Waals surface area (Å²) in [6.07, 6.45) is -17.8. The molecule has 9 bridgehead atoms. The zero-order chi connectivity index (χ0) is 88.3. The van der Waals surface area contributed by atoms with Gasteiger partial charge in [0.05, 0.1) is 46.7 Å². The lowest BCUT2D eigenvalue weighted by atomic mass is 9.84. The van der Waals surface area contributed by atoms with E-state index in [9.17, 15) is 64.8 Å². The van der Waals surface area contributed by atoms with Gasteiger partial charge in [-0.05, 0) is 165 Å². The Labute approximate surface area is 715 Å². The molecule has 0 spiro atoms. The fourth-order valence-corrected chi connectivity index (χ4v) is 15.3. The molecular formula is C84H99Cl3N12O23. The Bertz CT molecular complexity index is 5000. The van der Waals surface area contributed by atoms with Gasteiger partial charge in [-0.15, -0.1) is 0 Å². The molecule has 6 aliphatic rings. The van der Waals surface area contributed by atoms with E-state index < -0.39 is 215 Å². The number of halogens is 3. The maximum Gasteiger partial charge on any atom is 0.248 e. The summed E-state index contributed by atoms with van der Waals surface area (Å²) in [7, 11) is 2.68. The number of amides is 8. The highest BCUT2D eigenvalue weighted by atomic mass is 35.5. The van der Waals surface area contributed by atoms with Crippen molar-refractivity contribution < 1.29 is 112 Å². The largest absolute Gasteiger partial charge is 0.508 e. The van der Waals surface area contributed by atoms with Gasteiger partial charge in [0.2, 0.25) is 59.3 Å². The molecule has 17 atom stereocenters. The number of carbonyl (C=O) groups excluding carboxylic acids is 8. The Kier molecular flexibility index (Phi) is 30.4. The average Bonchev–Trinajstić information content (AvgIpc) is 0.751. The number of primary amides is 1. The van der Waals surface area contributed by atoms with Crippen LogP contribution >= 0.6 is 34.8 Å². The first-order valence-corrected chi connectivity index (χ1v) is 40.4. The van der Waals surface area contributed by atoms with Crippen molar-refractivity contribution in [1.29, 1.82) is 0 Å². The molecule has 0 radical (unpaired) electrons. The number of nitrogens with one attached hydrogen (secondary N) is 9. The second-order valence-corrected chi connectivity index (χ2v) is 31.9. The molecule has 654 valence electrons. The van der Waals surface area contributed by atoms with E-state index in [1.165, 1.54) is 50.5 Å². The number of likely N-dealkylation sites (N-methyl/N-ethyl adjacent to an activating group) is 2. The van der Waals surface area contributed by atoms with Crippen LogP contribution in [0.2, 0.25) is 15.1 Å². The molecule has 8 amide bonds. The first kappa shape index (κ1) is 91.9. The zero-order valence-corrected chi connectivity index (χ0v) is 69.3. The van der Waals surface area contributed by atoms with Gasteiger partial charge in [-0.1, -0.05) is 85.0 Å². The molecule has 13 rings (SSSR count). The number of phenolic OH excluding ortho intramolecular Hbond substituents is 3. The standard InChI is InChI=1S/C84H99Cl3N12O23/c1-38(2)24-53(91-5)77(110)98-70-71(106)43-16-21-59(52(87)27-43)119-61-29-44-28-60(74(61)122-83-75(73(108)72(107)62(36-89)120-83)121-65-35-84(4,76(109)39(3)117-65)99-46-10-9-11-48(30-46)116-37-40-12-17-45(85)18-13-40)118-58-20-15-41(26-51(58)86)56(102)34-64(105)95-69(80(113)93-23-8-7-22-88)50-31-47(100)32-57(103)66(50)49-25-42(14-19-55(49)101)67(79(112)92-6)97-81(114)68(44)96-78(111)54(33-63(90)104)94-82(70)115/h9-21,25-32,38-39,53-54,56,62,65,67-73,75-76,83,91,99-103,106-109H,7-8,22-24,33-37,88-89H2,1-6H3,(H2,90,104)(H,92,112)(H,93,113)(H,94,115)(H,95,105)(H,96,111)(H,97,114)(H,98,110)/t39?,53-,54+,56+,62?,65?,67?,68-,69+,70-,71-,72?,73?,75?,76?,83?,84?/m1/s1. The fraction of sp³-hybridized carbons (Fsp3) is 0.405. The van der Waals surface area contributed by atoms with E-state index >= 15 is 14.4 Å². The lowest BCUT2D eigenvalue weighted by Gasteiger charge is -2.48. The van der Waals surface area contributed by atoms with Crippen LogP contribution in [-0.2, 0) is 59.2 Å². The number of rotatable bonds is 23. The molecule has 0 saturated carbocycles. The van der Waals surface area contributed by atoms with E-state index in [0.29, 0.717) is 29.3 Å². The van der Waals surface area contributed by atoms with Crippen LogP contribution in [0.1, 0.15) is 130 Å². The summed E-state index contributed by atoms with van der Waals surface area (Å²) in [4.78, 5) is 118. The first-order valence-electron chi connectivity index (χ1n) is 39.2. The molecule has 2 fully saturated rings. The minimum absolute atomic E-state index is 0.00423. The summed E-state index contributed by atoms with van der Waals surface area (Å²) in [5.41, 5.74) is 15.8. The Balaban J connectivity index is 1.11. The number of nitrogens with two attached hydrogens (primary N) is 3. The minimum Gasteiger partial charge on any atom is -0.508 e. The predicted octanol–water partition coefficient (Wildman–Crippen LogP) is 4.87. The van der Waals surface area contributed by atoms with Crippen LogP contribution in [0.3, 0.4) is 0 Å². The number of aromatic hydroxyl groups is 3. The number of unbranched alkanes of at least 4 members (excludes halogenated alkanes) is 1. The van der Waals surface area contributed by atoms with Gasteiger partial charge in [-0.25, -0.2) is 0 Å². The molecule has 6 aliphatic heterocycles. The van der Waals surface area contributed by atoms with Crippen LogP contribution in [-0.4, -0.2) is 195 Å². The van der Waals surface area contributed by atoms with E-state index in [0.717, 1.165) is 48.0 Å². The summed E-state index contributed by atoms with van der Waals surface area (Å²) in [6, 6.07) is 17.4. The van der Waals surface area contributed by atoms with Crippen molar-refractivity contribution in [3.8, 4) is 62.9 Å². The maximum atomic E-state index is 16.2. The van der Waals surface area contributed by atoms with Gasteiger partial charge >= 0.3 is 0 Å². The van der Waals surface area contributed by atoms with Gasteiger partial charge in [-0.2, -0.15) is 0 Å². The Morgan fingerprint density at radius 3 is 2.02 bits per heavy atom. The van der Waals surface area contributed by atoms with Crippen LogP contribution < -0.4 is 84.0 Å². The zero-order valence-electron chi connectivity index (χ0n) is 67.1. The normalized spacial score (nSPS) is 25.3. The molecule has 122 heavy (non-hydrogen) atoms. The van der Waals surface area contributed by atoms with Crippen LogP contribution in [0, 0.1) is 5.92 Å². The van der Waals surface area contributed by atoms with Crippen molar-refractivity contribution >= 4 is 87.7 Å². The maximum absolute atomic E-state index is 16.2. The van der Waals surface area contributed by atoms with E-state index in [4.69, 9.17) is 85.2 Å². The number of hydrogen-bond acceptors (Lipinski definition) is 27. The molecule has 23 N–H and O–H groups in total. The highest BCUT2D eigenvalue weighted by Crippen LogP contribution is 2.50. The molecule has 0 aromatic heterocycles. The Morgan fingerprint density at radius 1 is 0.697 bits per heavy atom. The van der Waals surface area contributed by atoms with Gasteiger partial charge in [-0.3, -0.25) is 38.4 Å².